The van der Waals surface area contributed by atoms with Crippen molar-refractivity contribution in [1.29, 1.82) is 0 Å². The second-order valence-corrected chi connectivity index (χ2v) is 6.84. The van der Waals surface area contributed by atoms with Crippen LogP contribution in [0.4, 0.5) is 4.39 Å². The average molecular weight is 394 g/mol. The largest absolute Gasteiger partial charge is 0.466 e. The molecule has 1 unspecified atom stereocenters. The number of amides is 1. The van der Waals surface area contributed by atoms with Crippen LogP contribution in [0.2, 0.25) is 5.15 Å². The van der Waals surface area contributed by atoms with Crippen molar-refractivity contribution in [1.82, 2.24) is 14.7 Å². The van der Waals surface area contributed by atoms with Crippen LogP contribution in [-0.4, -0.2) is 46.3 Å². The highest BCUT2D eigenvalue weighted by Crippen LogP contribution is 2.27. The van der Waals surface area contributed by atoms with Gasteiger partial charge in [-0.25, -0.2) is 9.07 Å². The summed E-state index contributed by atoms with van der Waals surface area (Å²) >= 11 is 6.43. The molecule has 1 fully saturated rings. The molecule has 1 aromatic carbocycles. The van der Waals surface area contributed by atoms with E-state index in [0.717, 1.165) is 6.42 Å². The Labute approximate surface area is 161 Å². The van der Waals surface area contributed by atoms with Gasteiger partial charge < -0.3 is 9.64 Å². The zero-order valence-corrected chi connectivity index (χ0v) is 16.0. The van der Waals surface area contributed by atoms with Crippen LogP contribution in [0.5, 0.6) is 0 Å². The lowest BCUT2D eigenvalue weighted by Crippen LogP contribution is -2.43. The quantitative estimate of drug-likeness (QED) is 0.747. The third-order valence-electron chi connectivity index (χ3n) is 4.62. The number of rotatable bonds is 4. The highest BCUT2D eigenvalue weighted by Gasteiger charge is 2.32. The summed E-state index contributed by atoms with van der Waals surface area (Å²) in [7, 11) is 0. The first-order valence-electron chi connectivity index (χ1n) is 8.89. The first-order valence-corrected chi connectivity index (χ1v) is 9.27. The number of benzene rings is 1. The molecule has 8 heteroatoms. The summed E-state index contributed by atoms with van der Waals surface area (Å²) in [6, 6.07) is 5.69. The van der Waals surface area contributed by atoms with Gasteiger partial charge in [-0.05, 0) is 51.0 Å². The maximum Gasteiger partial charge on any atom is 0.310 e. The van der Waals surface area contributed by atoms with E-state index in [0.29, 0.717) is 43.1 Å². The molecule has 0 aliphatic carbocycles. The van der Waals surface area contributed by atoms with Gasteiger partial charge in [0.1, 0.15) is 11.0 Å². The fraction of sp³-hybridized carbons (Fsp3) is 0.421. The van der Waals surface area contributed by atoms with Gasteiger partial charge in [-0.3, -0.25) is 9.59 Å². The number of nitrogens with zero attached hydrogens (tertiary/aromatic N) is 3. The lowest BCUT2D eigenvalue weighted by atomic mass is 9.97. The van der Waals surface area contributed by atoms with Crippen molar-refractivity contribution in [3.63, 3.8) is 0 Å². The van der Waals surface area contributed by atoms with Crippen LogP contribution in [0.25, 0.3) is 5.69 Å². The summed E-state index contributed by atoms with van der Waals surface area (Å²) in [6.45, 7) is 4.63. The van der Waals surface area contributed by atoms with Crippen LogP contribution in [0, 0.1) is 18.7 Å². The smallest absolute Gasteiger partial charge is 0.310 e. The predicted molar refractivity (Wildman–Crippen MR) is 98.5 cm³/mol. The Bertz CT molecular complexity index is 851. The second kappa shape index (κ2) is 8.08. The minimum Gasteiger partial charge on any atom is -0.466 e. The molecule has 3 rings (SSSR count). The van der Waals surface area contributed by atoms with Gasteiger partial charge in [0.05, 0.1) is 29.5 Å². The summed E-state index contributed by atoms with van der Waals surface area (Å²) < 4.78 is 19.7. The number of carbonyl (C=O) groups is 2. The zero-order chi connectivity index (χ0) is 19.6. The molecule has 2 heterocycles. The minimum atomic E-state index is -0.367. The number of halogens is 2. The van der Waals surface area contributed by atoms with E-state index in [1.54, 1.807) is 30.9 Å². The molecule has 1 aliphatic rings. The summed E-state index contributed by atoms with van der Waals surface area (Å²) in [6.07, 6.45) is 1.42. The van der Waals surface area contributed by atoms with Crippen LogP contribution in [0.15, 0.2) is 24.3 Å². The summed E-state index contributed by atoms with van der Waals surface area (Å²) in [4.78, 5) is 26.7. The molecule has 0 bridgehead atoms. The number of ether oxygens (including phenoxy) is 1. The number of piperidine rings is 1. The van der Waals surface area contributed by atoms with Gasteiger partial charge in [-0.15, -0.1) is 0 Å². The summed E-state index contributed by atoms with van der Waals surface area (Å²) in [5, 5.41) is 4.50. The molecule has 1 amide bonds. The Balaban J connectivity index is 1.84. The van der Waals surface area contributed by atoms with Gasteiger partial charge in [0.15, 0.2) is 0 Å². The van der Waals surface area contributed by atoms with E-state index in [1.165, 1.54) is 16.8 Å². The van der Waals surface area contributed by atoms with E-state index in [9.17, 15) is 14.0 Å². The minimum absolute atomic E-state index is 0.169. The molecule has 2 aromatic rings. The van der Waals surface area contributed by atoms with Gasteiger partial charge in [-0.2, -0.15) is 5.10 Å². The molecule has 27 heavy (non-hydrogen) atoms. The molecule has 1 saturated heterocycles. The molecule has 0 spiro atoms. The molecule has 144 valence electrons. The summed E-state index contributed by atoms with van der Waals surface area (Å²) in [5.74, 6) is -1.23. The van der Waals surface area contributed by atoms with E-state index in [4.69, 9.17) is 16.3 Å². The number of esters is 1. The van der Waals surface area contributed by atoms with Gasteiger partial charge in [0.25, 0.3) is 5.91 Å². The van der Waals surface area contributed by atoms with Crippen molar-refractivity contribution in [2.45, 2.75) is 26.7 Å². The lowest BCUT2D eigenvalue weighted by molar-refractivity contribution is -0.149. The Morgan fingerprint density at radius 2 is 2.04 bits per heavy atom. The molecule has 1 aliphatic heterocycles. The van der Waals surface area contributed by atoms with Gasteiger partial charge in [0.2, 0.25) is 0 Å². The topological polar surface area (TPSA) is 64.4 Å². The number of aromatic nitrogens is 2. The maximum atomic E-state index is 13.2. The van der Waals surface area contributed by atoms with Crippen molar-refractivity contribution in [3.05, 3.63) is 46.5 Å². The van der Waals surface area contributed by atoms with Crippen LogP contribution in [0.1, 0.15) is 35.8 Å². The summed E-state index contributed by atoms with van der Waals surface area (Å²) in [5.41, 5.74) is 1.34. The van der Waals surface area contributed by atoms with Crippen LogP contribution >= 0.6 is 11.6 Å². The highest BCUT2D eigenvalue weighted by molar-refractivity contribution is 6.33. The lowest BCUT2D eigenvalue weighted by Gasteiger charge is -2.31. The average Bonchev–Trinajstić information content (AvgIpc) is 2.96. The number of aryl methyl sites for hydroxylation is 1. The molecule has 0 radical (unpaired) electrons. The Morgan fingerprint density at radius 1 is 1.33 bits per heavy atom. The van der Waals surface area contributed by atoms with Crippen LogP contribution < -0.4 is 0 Å². The normalized spacial score (nSPS) is 17.0. The molecule has 6 nitrogen and oxygen atoms in total. The first-order chi connectivity index (χ1) is 12.9. The van der Waals surface area contributed by atoms with Gasteiger partial charge in [0, 0.05) is 13.1 Å². The molecule has 0 saturated carbocycles. The molecular formula is C19H21ClFN3O3. The Morgan fingerprint density at radius 3 is 2.70 bits per heavy atom. The zero-order valence-electron chi connectivity index (χ0n) is 15.2. The molecule has 1 atom stereocenters. The van der Waals surface area contributed by atoms with Crippen LogP contribution in [-0.2, 0) is 9.53 Å². The van der Waals surface area contributed by atoms with Gasteiger partial charge >= 0.3 is 5.97 Å². The Hall–Kier alpha value is -2.41. The van der Waals surface area contributed by atoms with Crippen molar-refractivity contribution in [2.75, 3.05) is 19.7 Å². The van der Waals surface area contributed by atoms with Crippen molar-refractivity contribution in [3.8, 4) is 5.69 Å². The van der Waals surface area contributed by atoms with E-state index < -0.39 is 0 Å². The highest BCUT2D eigenvalue weighted by atomic mass is 35.5. The standard InChI is InChI=1S/C19H21ClFN3O3/c1-3-27-19(26)13-5-4-10-23(11-13)18(25)16-12(2)22-24(17(16)20)15-8-6-14(21)7-9-15/h6-9,13H,3-5,10-11H2,1-2H3. The van der Waals surface area contributed by atoms with E-state index in [2.05, 4.69) is 5.10 Å². The van der Waals surface area contributed by atoms with Crippen molar-refractivity contribution < 1.29 is 18.7 Å². The Kier molecular flexibility index (Phi) is 5.79. The molecule has 0 N–H and O–H groups in total. The SMILES string of the molecule is CCOC(=O)C1CCCN(C(=O)c2c(C)nn(-c3ccc(F)cc3)c2Cl)C1. The first kappa shape index (κ1) is 19.4. The number of hydrogen-bond acceptors (Lipinski definition) is 4. The maximum absolute atomic E-state index is 13.2. The number of likely N-dealkylation sites (tertiary alicyclic amines) is 1. The molecule has 1 aromatic heterocycles. The van der Waals surface area contributed by atoms with Gasteiger partial charge in [-0.1, -0.05) is 11.6 Å². The second-order valence-electron chi connectivity index (χ2n) is 6.48. The predicted octanol–water partition coefficient (Wildman–Crippen LogP) is 3.39. The van der Waals surface area contributed by atoms with Crippen molar-refractivity contribution in [2.24, 2.45) is 5.92 Å². The van der Waals surface area contributed by atoms with E-state index in [1.807, 2.05) is 0 Å². The monoisotopic (exact) mass is 393 g/mol. The fourth-order valence-corrected chi connectivity index (χ4v) is 3.62. The third-order valence-corrected chi connectivity index (χ3v) is 4.97. The number of hydrogen-bond donors (Lipinski definition) is 0. The fourth-order valence-electron chi connectivity index (χ4n) is 3.27. The van der Waals surface area contributed by atoms with Crippen molar-refractivity contribution >= 4 is 23.5 Å². The van der Waals surface area contributed by atoms with Crippen LogP contribution in [0.3, 0.4) is 0 Å². The molecular weight excluding hydrogens is 373 g/mol. The third kappa shape index (κ3) is 3.98. The number of carbonyl (C=O) groups excluding carboxylic acids is 2. The van der Waals surface area contributed by atoms with E-state index in [-0.39, 0.29) is 28.8 Å². The van der Waals surface area contributed by atoms with E-state index >= 15 is 0 Å².